The molecule has 1 aromatic rings. The predicted octanol–water partition coefficient (Wildman–Crippen LogP) is 0.992. The van der Waals surface area contributed by atoms with Crippen molar-refractivity contribution in [3.63, 3.8) is 0 Å². The lowest BCUT2D eigenvalue weighted by molar-refractivity contribution is 0.0613. The molecule has 1 fully saturated rings. The standard InChI is InChI=1S/C12H22N4/c1-10-7-16(12(2,3)9-13-10)8-11-5-6-15(4)14-11/h5-6,10,13H,7-9H2,1-4H3. The quantitative estimate of drug-likeness (QED) is 0.810. The van der Waals surface area contributed by atoms with Crippen LogP contribution in [0.3, 0.4) is 0 Å². The van der Waals surface area contributed by atoms with Crippen molar-refractivity contribution in [1.82, 2.24) is 20.0 Å². The van der Waals surface area contributed by atoms with E-state index in [0.29, 0.717) is 6.04 Å². The molecule has 1 atom stereocenters. The van der Waals surface area contributed by atoms with Crippen molar-refractivity contribution in [3.05, 3.63) is 18.0 Å². The molecule has 0 amide bonds. The van der Waals surface area contributed by atoms with Crippen LogP contribution in [0.1, 0.15) is 26.5 Å². The fourth-order valence-corrected chi connectivity index (χ4v) is 2.20. The summed E-state index contributed by atoms with van der Waals surface area (Å²) < 4.78 is 1.87. The van der Waals surface area contributed by atoms with E-state index < -0.39 is 0 Å². The highest BCUT2D eigenvalue weighted by Gasteiger charge is 2.32. The van der Waals surface area contributed by atoms with Crippen LogP contribution in [-0.4, -0.2) is 39.4 Å². The molecule has 2 heterocycles. The zero-order valence-electron chi connectivity index (χ0n) is 10.7. The van der Waals surface area contributed by atoms with E-state index in [4.69, 9.17) is 0 Å². The number of aryl methyl sites for hydroxylation is 1. The first-order valence-electron chi connectivity index (χ1n) is 5.94. The summed E-state index contributed by atoms with van der Waals surface area (Å²) in [6.45, 7) is 9.88. The Morgan fingerprint density at radius 2 is 2.31 bits per heavy atom. The number of nitrogens with zero attached hydrogens (tertiary/aromatic N) is 3. The lowest BCUT2D eigenvalue weighted by Gasteiger charge is -2.45. The van der Waals surface area contributed by atoms with E-state index in [1.165, 1.54) is 0 Å². The topological polar surface area (TPSA) is 33.1 Å². The van der Waals surface area contributed by atoms with Crippen molar-refractivity contribution in [1.29, 1.82) is 0 Å². The zero-order chi connectivity index (χ0) is 11.8. The van der Waals surface area contributed by atoms with Gasteiger partial charge in [-0.05, 0) is 26.8 Å². The van der Waals surface area contributed by atoms with Gasteiger partial charge in [0.15, 0.2) is 0 Å². The molecule has 1 N–H and O–H groups in total. The molecule has 1 saturated heterocycles. The largest absolute Gasteiger partial charge is 0.311 e. The first kappa shape index (κ1) is 11.6. The number of rotatable bonds is 2. The maximum atomic E-state index is 4.45. The second-order valence-electron chi connectivity index (χ2n) is 5.46. The van der Waals surface area contributed by atoms with Gasteiger partial charge in [0.1, 0.15) is 0 Å². The third kappa shape index (κ3) is 2.44. The van der Waals surface area contributed by atoms with Gasteiger partial charge >= 0.3 is 0 Å². The van der Waals surface area contributed by atoms with E-state index in [2.05, 4.69) is 42.2 Å². The molecule has 0 saturated carbocycles. The van der Waals surface area contributed by atoms with E-state index in [9.17, 15) is 0 Å². The second kappa shape index (κ2) is 4.18. The Morgan fingerprint density at radius 1 is 1.56 bits per heavy atom. The maximum absolute atomic E-state index is 4.45. The molecule has 0 aliphatic carbocycles. The van der Waals surface area contributed by atoms with Crippen LogP contribution in [0.2, 0.25) is 0 Å². The molecular formula is C12H22N4. The van der Waals surface area contributed by atoms with E-state index in [0.717, 1.165) is 25.3 Å². The highest BCUT2D eigenvalue weighted by atomic mass is 15.3. The average Bonchev–Trinajstić information content (AvgIpc) is 2.59. The summed E-state index contributed by atoms with van der Waals surface area (Å²) in [6.07, 6.45) is 2.01. The fraction of sp³-hybridized carbons (Fsp3) is 0.750. The van der Waals surface area contributed by atoms with Gasteiger partial charge in [-0.2, -0.15) is 5.10 Å². The molecule has 1 aliphatic heterocycles. The SMILES string of the molecule is CC1CN(Cc2ccn(C)n2)C(C)(C)CN1. The molecule has 1 aliphatic rings. The van der Waals surface area contributed by atoms with Crippen LogP contribution in [0, 0.1) is 0 Å². The predicted molar refractivity (Wildman–Crippen MR) is 65.2 cm³/mol. The van der Waals surface area contributed by atoms with Gasteiger partial charge in [0.25, 0.3) is 0 Å². The summed E-state index contributed by atoms with van der Waals surface area (Å²) >= 11 is 0. The maximum Gasteiger partial charge on any atom is 0.0764 e. The first-order valence-corrected chi connectivity index (χ1v) is 5.94. The zero-order valence-corrected chi connectivity index (χ0v) is 10.7. The van der Waals surface area contributed by atoms with Crippen LogP contribution in [0.15, 0.2) is 12.3 Å². The van der Waals surface area contributed by atoms with Crippen LogP contribution < -0.4 is 5.32 Å². The highest BCUT2D eigenvalue weighted by Crippen LogP contribution is 2.20. The van der Waals surface area contributed by atoms with E-state index in [-0.39, 0.29) is 5.54 Å². The number of piperazine rings is 1. The number of nitrogens with one attached hydrogen (secondary N) is 1. The van der Waals surface area contributed by atoms with E-state index >= 15 is 0 Å². The second-order valence-corrected chi connectivity index (χ2v) is 5.46. The Hall–Kier alpha value is -0.870. The summed E-state index contributed by atoms with van der Waals surface area (Å²) in [5.74, 6) is 0. The highest BCUT2D eigenvalue weighted by molar-refractivity contribution is 5.02. The van der Waals surface area contributed by atoms with Gasteiger partial charge in [-0.1, -0.05) is 0 Å². The summed E-state index contributed by atoms with van der Waals surface area (Å²) in [5, 5.41) is 7.98. The Balaban J connectivity index is 2.06. The van der Waals surface area contributed by atoms with Crippen LogP contribution in [0.5, 0.6) is 0 Å². The molecule has 4 nitrogen and oxygen atoms in total. The van der Waals surface area contributed by atoms with Crippen molar-refractivity contribution >= 4 is 0 Å². The lowest BCUT2D eigenvalue weighted by atomic mass is 9.97. The van der Waals surface area contributed by atoms with Crippen LogP contribution in [0.4, 0.5) is 0 Å². The van der Waals surface area contributed by atoms with Crippen LogP contribution >= 0.6 is 0 Å². The summed E-state index contributed by atoms with van der Waals surface area (Å²) in [7, 11) is 1.97. The average molecular weight is 222 g/mol. The van der Waals surface area contributed by atoms with Crippen molar-refractivity contribution in [2.45, 2.75) is 38.9 Å². The van der Waals surface area contributed by atoms with E-state index in [1.807, 2.05) is 17.9 Å². The van der Waals surface area contributed by atoms with Crippen molar-refractivity contribution in [3.8, 4) is 0 Å². The Bertz CT molecular complexity index is 356. The van der Waals surface area contributed by atoms with Gasteiger partial charge < -0.3 is 5.32 Å². The van der Waals surface area contributed by atoms with Gasteiger partial charge in [-0.3, -0.25) is 9.58 Å². The van der Waals surface area contributed by atoms with Gasteiger partial charge in [0, 0.05) is 44.5 Å². The Morgan fingerprint density at radius 3 is 2.94 bits per heavy atom. The smallest absolute Gasteiger partial charge is 0.0764 e. The molecular weight excluding hydrogens is 200 g/mol. The van der Waals surface area contributed by atoms with Crippen molar-refractivity contribution < 1.29 is 0 Å². The van der Waals surface area contributed by atoms with Crippen LogP contribution in [0.25, 0.3) is 0 Å². The molecule has 0 bridgehead atoms. The third-order valence-corrected chi connectivity index (χ3v) is 3.36. The molecule has 90 valence electrons. The van der Waals surface area contributed by atoms with E-state index in [1.54, 1.807) is 0 Å². The molecule has 0 spiro atoms. The normalized spacial score (nSPS) is 25.9. The molecule has 16 heavy (non-hydrogen) atoms. The molecule has 1 aromatic heterocycles. The minimum Gasteiger partial charge on any atom is -0.311 e. The number of aromatic nitrogens is 2. The summed E-state index contributed by atoms with van der Waals surface area (Å²) in [4.78, 5) is 2.51. The Labute approximate surface area is 97.6 Å². The minimum absolute atomic E-state index is 0.212. The molecule has 4 heteroatoms. The van der Waals surface area contributed by atoms with Crippen molar-refractivity contribution in [2.75, 3.05) is 13.1 Å². The molecule has 1 unspecified atom stereocenters. The first-order chi connectivity index (χ1) is 7.47. The summed E-state index contributed by atoms with van der Waals surface area (Å²) in [5.41, 5.74) is 1.37. The number of hydrogen-bond acceptors (Lipinski definition) is 3. The lowest BCUT2D eigenvalue weighted by Crippen LogP contribution is -2.60. The van der Waals surface area contributed by atoms with Gasteiger partial charge in [-0.15, -0.1) is 0 Å². The monoisotopic (exact) mass is 222 g/mol. The minimum atomic E-state index is 0.212. The third-order valence-electron chi connectivity index (χ3n) is 3.36. The molecule has 0 radical (unpaired) electrons. The number of hydrogen-bond donors (Lipinski definition) is 1. The summed E-state index contributed by atoms with van der Waals surface area (Å²) in [6, 6.07) is 2.67. The Kier molecular flexibility index (Phi) is 3.04. The van der Waals surface area contributed by atoms with Gasteiger partial charge in [-0.25, -0.2) is 0 Å². The fourth-order valence-electron chi connectivity index (χ4n) is 2.20. The van der Waals surface area contributed by atoms with Gasteiger partial charge in [0.05, 0.1) is 5.69 Å². The molecule has 0 aromatic carbocycles. The van der Waals surface area contributed by atoms with Crippen molar-refractivity contribution in [2.24, 2.45) is 7.05 Å². The van der Waals surface area contributed by atoms with Crippen LogP contribution in [-0.2, 0) is 13.6 Å². The van der Waals surface area contributed by atoms with Gasteiger partial charge in [0.2, 0.25) is 0 Å². The molecule has 2 rings (SSSR count).